The van der Waals surface area contributed by atoms with E-state index in [2.05, 4.69) is 10.6 Å². The Morgan fingerprint density at radius 1 is 1.35 bits per heavy atom. The Morgan fingerprint density at radius 2 is 2.00 bits per heavy atom. The number of rotatable bonds is 6. The van der Waals surface area contributed by atoms with Crippen molar-refractivity contribution in [1.29, 1.82) is 0 Å². The van der Waals surface area contributed by atoms with Crippen molar-refractivity contribution in [3.8, 4) is 0 Å². The molecule has 0 radical (unpaired) electrons. The third-order valence-corrected chi connectivity index (χ3v) is 2.51. The van der Waals surface area contributed by atoms with Crippen molar-refractivity contribution in [1.82, 2.24) is 10.6 Å². The minimum Gasteiger partial charge on any atom is -0.355 e. The summed E-state index contributed by atoms with van der Waals surface area (Å²) in [6.07, 6.45) is 0.930. The van der Waals surface area contributed by atoms with Crippen LogP contribution in [-0.4, -0.2) is 19.0 Å². The van der Waals surface area contributed by atoms with Gasteiger partial charge in [-0.05, 0) is 31.0 Å². The van der Waals surface area contributed by atoms with Crippen LogP contribution >= 0.6 is 0 Å². The zero-order chi connectivity index (χ0) is 12.7. The zero-order valence-corrected chi connectivity index (χ0v) is 10.3. The van der Waals surface area contributed by atoms with Gasteiger partial charge in [0.1, 0.15) is 5.82 Å². The first kappa shape index (κ1) is 13.6. The smallest absolute Gasteiger partial charge is 0.233 e. The summed E-state index contributed by atoms with van der Waals surface area (Å²) in [5, 5.41) is 5.88. The highest BCUT2D eigenvalue weighted by Gasteiger charge is 2.07. The van der Waals surface area contributed by atoms with Crippen LogP contribution in [0, 0.1) is 5.82 Å². The molecule has 0 aliphatic rings. The SMILES string of the molecule is CCCNC(=O)CN[C@@H](C)c1ccc(F)cc1. The van der Waals surface area contributed by atoms with Gasteiger partial charge >= 0.3 is 0 Å². The maximum atomic E-state index is 12.7. The molecular formula is C13H19FN2O. The predicted octanol–water partition coefficient (Wildman–Crippen LogP) is 2.00. The topological polar surface area (TPSA) is 41.1 Å². The standard InChI is InChI=1S/C13H19FN2O/c1-3-8-15-13(17)9-16-10(2)11-4-6-12(14)7-5-11/h4-7,10,16H,3,8-9H2,1-2H3,(H,15,17)/t10-/m0/s1. The molecule has 0 aromatic heterocycles. The molecule has 4 heteroatoms. The fraction of sp³-hybridized carbons (Fsp3) is 0.462. The first-order valence-electron chi connectivity index (χ1n) is 5.89. The Hall–Kier alpha value is -1.42. The summed E-state index contributed by atoms with van der Waals surface area (Å²) >= 11 is 0. The highest BCUT2D eigenvalue weighted by molar-refractivity contribution is 5.77. The molecule has 3 nitrogen and oxygen atoms in total. The molecular weight excluding hydrogens is 219 g/mol. The lowest BCUT2D eigenvalue weighted by molar-refractivity contribution is -0.120. The number of carbonyl (C=O) groups is 1. The Labute approximate surface area is 101 Å². The van der Waals surface area contributed by atoms with E-state index < -0.39 is 0 Å². The average molecular weight is 238 g/mol. The monoisotopic (exact) mass is 238 g/mol. The normalized spacial score (nSPS) is 12.2. The Morgan fingerprint density at radius 3 is 2.59 bits per heavy atom. The number of carbonyl (C=O) groups excluding carboxylic acids is 1. The molecule has 0 fully saturated rings. The summed E-state index contributed by atoms with van der Waals surface area (Å²) in [4.78, 5) is 11.4. The highest BCUT2D eigenvalue weighted by atomic mass is 19.1. The van der Waals surface area contributed by atoms with Crippen molar-refractivity contribution in [2.45, 2.75) is 26.3 Å². The molecule has 0 saturated carbocycles. The number of hydrogen-bond donors (Lipinski definition) is 2. The molecule has 1 rings (SSSR count). The van der Waals surface area contributed by atoms with Crippen LogP contribution < -0.4 is 10.6 Å². The lowest BCUT2D eigenvalue weighted by Gasteiger charge is -2.14. The second kappa shape index (κ2) is 7.01. The van der Waals surface area contributed by atoms with Gasteiger partial charge in [-0.15, -0.1) is 0 Å². The van der Waals surface area contributed by atoms with Crippen molar-refractivity contribution in [2.75, 3.05) is 13.1 Å². The maximum absolute atomic E-state index is 12.7. The number of nitrogens with one attached hydrogen (secondary N) is 2. The van der Waals surface area contributed by atoms with Crippen molar-refractivity contribution >= 4 is 5.91 Å². The summed E-state index contributed by atoms with van der Waals surface area (Å²) in [6, 6.07) is 6.31. The van der Waals surface area contributed by atoms with E-state index in [1.165, 1.54) is 12.1 Å². The molecule has 0 aliphatic heterocycles. The first-order chi connectivity index (χ1) is 8.13. The van der Waals surface area contributed by atoms with Crippen molar-refractivity contribution in [2.24, 2.45) is 0 Å². The molecule has 2 N–H and O–H groups in total. The van der Waals surface area contributed by atoms with E-state index in [0.29, 0.717) is 6.54 Å². The third-order valence-electron chi connectivity index (χ3n) is 2.51. The predicted molar refractivity (Wildman–Crippen MR) is 66.1 cm³/mol. The number of benzene rings is 1. The van der Waals surface area contributed by atoms with Gasteiger partial charge in [-0.3, -0.25) is 4.79 Å². The van der Waals surface area contributed by atoms with E-state index in [1.807, 2.05) is 13.8 Å². The van der Waals surface area contributed by atoms with Crippen LogP contribution in [0.2, 0.25) is 0 Å². The third kappa shape index (κ3) is 4.95. The lowest BCUT2D eigenvalue weighted by Crippen LogP contribution is -2.35. The lowest BCUT2D eigenvalue weighted by atomic mass is 10.1. The second-order valence-electron chi connectivity index (χ2n) is 4.00. The fourth-order valence-electron chi connectivity index (χ4n) is 1.44. The van der Waals surface area contributed by atoms with Crippen molar-refractivity contribution in [3.63, 3.8) is 0 Å². The molecule has 0 saturated heterocycles. The van der Waals surface area contributed by atoms with Gasteiger partial charge in [0, 0.05) is 12.6 Å². The minimum absolute atomic E-state index is 0.0131. The molecule has 94 valence electrons. The fourth-order valence-corrected chi connectivity index (χ4v) is 1.44. The van der Waals surface area contributed by atoms with Crippen LogP contribution in [0.4, 0.5) is 4.39 Å². The van der Waals surface area contributed by atoms with Crippen LogP contribution in [0.1, 0.15) is 31.9 Å². The average Bonchev–Trinajstić information content (AvgIpc) is 2.34. The molecule has 0 heterocycles. The van der Waals surface area contributed by atoms with E-state index in [1.54, 1.807) is 12.1 Å². The van der Waals surface area contributed by atoms with Gasteiger partial charge in [-0.2, -0.15) is 0 Å². The number of hydrogen-bond acceptors (Lipinski definition) is 2. The van der Waals surface area contributed by atoms with E-state index in [-0.39, 0.29) is 24.3 Å². The van der Waals surface area contributed by atoms with E-state index in [4.69, 9.17) is 0 Å². The van der Waals surface area contributed by atoms with Crippen LogP contribution in [0.5, 0.6) is 0 Å². The van der Waals surface area contributed by atoms with Crippen LogP contribution in [0.25, 0.3) is 0 Å². The Balaban J connectivity index is 2.36. The van der Waals surface area contributed by atoms with Crippen LogP contribution in [0.3, 0.4) is 0 Å². The molecule has 1 amide bonds. The van der Waals surface area contributed by atoms with E-state index in [0.717, 1.165) is 12.0 Å². The number of amides is 1. The molecule has 0 aliphatic carbocycles. The van der Waals surface area contributed by atoms with Crippen LogP contribution in [-0.2, 0) is 4.79 Å². The van der Waals surface area contributed by atoms with Gasteiger partial charge in [-0.25, -0.2) is 4.39 Å². The molecule has 1 aromatic carbocycles. The quantitative estimate of drug-likeness (QED) is 0.796. The zero-order valence-electron chi connectivity index (χ0n) is 10.3. The van der Waals surface area contributed by atoms with Gasteiger partial charge in [0.05, 0.1) is 6.54 Å². The van der Waals surface area contributed by atoms with Crippen molar-refractivity contribution in [3.05, 3.63) is 35.6 Å². The summed E-state index contributed by atoms with van der Waals surface area (Å²) in [7, 11) is 0. The Bertz CT molecular complexity index is 351. The molecule has 0 bridgehead atoms. The number of halogens is 1. The van der Waals surface area contributed by atoms with Crippen molar-refractivity contribution < 1.29 is 9.18 Å². The van der Waals surface area contributed by atoms with Gasteiger partial charge in [0.25, 0.3) is 0 Å². The van der Waals surface area contributed by atoms with E-state index >= 15 is 0 Å². The molecule has 0 spiro atoms. The van der Waals surface area contributed by atoms with E-state index in [9.17, 15) is 9.18 Å². The Kier molecular flexibility index (Phi) is 5.63. The molecule has 17 heavy (non-hydrogen) atoms. The van der Waals surface area contributed by atoms with Gasteiger partial charge in [0.15, 0.2) is 0 Å². The molecule has 1 atom stereocenters. The summed E-state index contributed by atoms with van der Waals surface area (Å²) in [5.41, 5.74) is 0.967. The van der Waals surface area contributed by atoms with Gasteiger partial charge in [-0.1, -0.05) is 19.1 Å². The summed E-state index contributed by atoms with van der Waals surface area (Å²) in [6.45, 7) is 4.93. The van der Waals surface area contributed by atoms with Crippen LogP contribution in [0.15, 0.2) is 24.3 Å². The molecule has 0 unspecified atom stereocenters. The largest absolute Gasteiger partial charge is 0.355 e. The maximum Gasteiger partial charge on any atom is 0.233 e. The summed E-state index contributed by atoms with van der Waals surface area (Å²) in [5.74, 6) is -0.262. The second-order valence-corrected chi connectivity index (χ2v) is 4.00. The van der Waals surface area contributed by atoms with Gasteiger partial charge < -0.3 is 10.6 Å². The molecule has 1 aromatic rings. The highest BCUT2D eigenvalue weighted by Crippen LogP contribution is 2.12. The first-order valence-corrected chi connectivity index (χ1v) is 5.89. The van der Waals surface area contributed by atoms with Gasteiger partial charge in [0.2, 0.25) is 5.91 Å². The minimum atomic E-state index is -0.248. The summed E-state index contributed by atoms with van der Waals surface area (Å²) < 4.78 is 12.7.